The van der Waals surface area contributed by atoms with Gasteiger partial charge in [0.05, 0.1) is 35.9 Å². The van der Waals surface area contributed by atoms with E-state index in [0.717, 1.165) is 57.5 Å². The highest BCUT2D eigenvalue weighted by Crippen LogP contribution is 2.26. The van der Waals surface area contributed by atoms with Gasteiger partial charge < -0.3 is 35.6 Å². The number of pyridine rings is 1. The van der Waals surface area contributed by atoms with Crippen molar-refractivity contribution < 1.29 is 23.3 Å². The van der Waals surface area contributed by atoms with Crippen LogP contribution in [0.4, 0.5) is 29.1 Å². The zero-order valence-corrected chi connectivity index (χ0v) is 29.9. The van der Waals surface area contributed by atoms with E-state index in [2.05, 4.69) is 51.1 Å². The van der Waals surface area contributed by atoms with Crippen LogP contribution < -0.4 is 26.2 Å². The molecule has 3 aromatic rings. The van der Waals surface area contributed by atoms with E-state index >= 15 is 0 Å². The Balaban J connectivity index is 0.000000211. The minimum atomic E-state index is -1.28. The van der Waals surface area contributed by atoms with Crippen molar-refractivity contribution in [2.45, 2.75) is 82.5 Å². The summed E-state index contributed by atoms with van der Waals surface area (Å²) in [6.45, 7) is 8.06. The van der Waals surface area contributed by atoms with Crippen molar-refractivity contribution in [3.8, 4) is 0 Å². The van der Waals surface area contributed by atoms with E-state index in [9.17, 15) is 13.8 Å². The Labute approximate surface area is 295 Å². The van der Waals surface area contributed by atoms with Crippen LogP contribution in [0.15, 0.2) is 35.9 Å². The summed E-state index contributed by atoms with van der Waals surface area (Å²) in [5.41, 5.74) is 1.76. The molecule has 0 bridgehead atoms. The number of piperazine rings is 1. The molecule has 3 aromatic heterocycles. The molecule has 4 N–H and O–H groups in total. The zero-order valence-electron chi connectivity index (χ0n) is 29.1. The molecule has 1 atom stereocenters. The summed E-state index contributed by atoms with van der Waals surface area (Å²) in [5, 5.41) is 13.4. The average molecular weight is 709 g/mol. The monoisotopic (exact) mass is 708 g/mol. The lowest BCUT2D eigenvalue weighted by molar-refractivity contribution is 0.0516. The number of aromatic nitrogens is 5. The second-order valence-electron chi connectivity index (χ2n) is 12.3. The number of rotatable bonds is 12. The van der Waals surface area contributed by atoms with Gasteiger partial charge in [0.25, 0.3) is 0 Å². The zero-order chi connectivity index (χ0) is 35.3. The minimum absolute atomic E-state index is 0.221. The molecule has 1 aliphatic heterocycles. The van der Waals surface area contributed by atoms with E-state index in [0.29, 0.717) is 59.8 Å². The molecule has 15 nitrogen and oxygen atoms in total. The Kier molecular flexibility index (Phi) is 13.6. The fourth-order valence-corrected chi connectivity index (χ4v) is 6.52. The first-order chi connectivity index (χ1) is 24.3. The molecule has 270 valence electrons. The van der Waals surface area contributed by atoms with Crippen LogP contribution >= 0.6 is 0 Å². The highest BCUT2D eigenvalue weighted by Gasteiger charge is 2.23. The quantitative estimate of drug-likeness (QED) is 0.154. The molecule has 4 heterocycles. The number of carbonyl (C=O) groups excluding carboxylic acids is 2. The van der Waals surface area contributed by atoms with Gasteiger partial charge in [-0.15, -0.1) is 0 Å². The molecule has 0 aromatic carbocycles. The molecule has 6 rings (SSSR count). The minimum Gasteiger partial charge on any atom is -0.462 e. The SMILES string of the molecule is CCOC(=O)c1cnc(Nc2ccc(N3CCNCC3)cn2)nc1NC1CCCC1.CCOC(=O)c1cnc(S(C)=O)nc1NC1CCCC1. The smallest absolute Gasteiger partial charge is 0.343 e. The molecule has 2 aliphatic carbocycles. The summed E-state index contributed by atoms with van der Waals surface area (Å²) >= 11 is 0. The normalized spacial score (nSPS) is 17.0. The van der Waals surface area contributed by atoms with Crippen molar-refractivity contribution in [1.82, 2.24) is 30.2 Å². The van der Waals surface area contributed by atoms with Crippen molar-refractivity contribution in [3.05, 3.63) is 41.9 Å². The largest absolute Gasteiger partial charge is 0.462 e. The number of anilines is 5. The first-order valence-corrected chi connectivity index (χ1v) is 19.0. The van der Waals surface area contributed by atoms with Gasteiger partial charge in [0.2, 0.25) is 11.1 Å². The number of nitrogens with zero attached hydrogens (tertiary/aromatic N) is 6. The number of carbonyl (C=O) groups is 2. The number of hydrogen-bond donors (Lipinski definition) is 4. The molecular weight excluding hydrogens is 661 g/mol. The Hall–Kier alpha value is -4.44. The summed E-state index contributed by atoms with van der Waals surface area (Å²) in [6, 6.07) is 4.59. The van der Waals surface area contributed by atoms with Crippen LogP contribution in [0.25, 0.3) is 0 Å². The molecule has 2 saturated carbocycles. The maximum Gasteiger partial charge on any atom is 0.343 e. The number of esters is 2. The summed E-state index contributed by atoms with van der Waals surface area (Å²) in [7, 11) is -1.28. The van der Waals surface area contributed by atoms with Crippen LogP contribution in [-0.4, -0.2) is 98.8 Å². The Morgan fingerprint density at radius 3 is 1.90 bits per heavy atom. The lowest BCUT2D eigenvalue weighted by Crippen LogP contribution is -2.43. The first kappa shape index (κ1) is 36.8. The third kappa shape index (κ3) is 10.3. The summed E-state index contributed by atoms with van der Waals surface area (Å²) < 4.78 is 21.6. The summed E-state index contributed by atoms with van der Waals surface area (Å²) in [6.07, 6.45) is 15.2. The first-order valence-electron chi connectivity index (χ1n) is 17.5. The second-order valence-corrected chi connectivity index (χ2v) is 13.6. The molecular formula is C34H48N10O5S. The maximum atomic E-state index is 12.3. The van der Waals surface area contributed by atoms with E-state index < -0.39 is 22.7 Å². The van der Waals surface area contributed by atoms with Gasteiger partial charge in [0.15, 0.2) is 0 Å². The van der Waals surface area contributed by atoms with Crippen molar-refractivity contribution in [2.75, 3.05) is 66.5 Å². The van der Waals surface area contributed by atoms with E-state index in [1.54, 1.807) is 13.8 Å². The highest BCUT2D eigenvalue weighted by molar-refractivity contribution is 7.84. The van der Waals surface area contributed by atoms with Gasteiger partial charge >= 0.3 is 11.9 Å². The lowest BCUT2D eigenvalue weighted by Gasteiger charge is -2.29. The van der Waals surface area contributed by atoms with E-state index in [4.69, 9.17) is 9.47 Å². The fourth-order valence-electron chi connectivity index (χ4n) is 6.09. The third-order valence-electron chi connectivity index (χ3n) is 8.67. The standard InChI is InChI=1S/C21H29N7O2.C13H19N3O3S/c1-2-30-20(29)17-14-24-21(27-19(17)25-15-5-3-4-6-15)26-18-8-7-16(13-23-18)28-11-9-22-10-12-28;1-3-19-12(17)10-8-14-13(20(2)18)16-11(10)15-9-6-4-5-7-9/h7-8,13-15,22H,2-6,9-12H2,1H3,(H2,23,24,25,26,27);8-9H,3-7H2,1-2H3,(H,14,15,16). The Morgan fingerprint density at radius 1 is 0.820 bits per heavy atom. The summed E-state index contributed by atoms with van der Waals surface area (Å²) in [5.74, 6) is 1.12. The molecule has 3 fully saturated rings. The predicted octanol–water partition coefficient (Wildman–Crippen LogP) is 4.30. The van der Waals surface area contributed by atoms with Crippen LogP contribution in [0.3, 0.4) is 0 Å². The molecule has 0 spiro atoms. The van der Waals surface area contributed by atoms with Crippen molar-refractivity contribution in [2.24, 2.45) is 0 Å². The van der Waals surface area contributed by atoms with Crippen molar-refractivity contribution in [1.29, 1.82) is 0 Å². The van der Waals surface area contributed by atoms with Gasteiger partial charge in [0.1, 0.15) is 28.6 Å². The number of nitrogens with one attached hydrogen (secondary N) is 4. The topological polar surface area (TPSA) is 185 Å². The van der Waals surface area contributed by atoms with Gasteiger partial charge in [-0.2, -0.15) is 4.98 Å². The van der Waals surface area contributed by atoms with Crippen LogP contribution in [0, 0.1) is 0 Å². The number of ether oxygens (including phenoxy) is 2. The summed E-state index contributed by atoms with van der Waals surface area (Å²) in [4.78, 5) is 48.1. The van der Waals surface area contributed by atoms with Crippen LogP contribution in [0.5, 0.6) is 0 Å². The Morgan fingerprint density at radius 2 is 1.38 bits per heavy atom. The molecule has 16 heteroatoms. The van der Waals surface area contributed by atoms with Crippen LogP contribution in [0.1, 0.15) is 85.9 Å². The molecule has 1 saturated heterocycles. The van der Waals surface area contributed by atoms with E-state index in [1.807, 2.05) is 18.3 Å². The van der Waals surface area contributed by atoms with Crippen molar-refractivity contribution >= 4 is 51.8 Å². The fraction of sp³-hybridized carbons (Fsp3) is 0.559. The average Bonchev–Trinajstić information content (AvgIpc) is 3.85. The predicted molar refractivity (Wildman–Crippen MR) is 193 cm³/mol. The van der Waals surface area contributed by atoms with Gasteiger partial charge in [-0.05, 0) is 51.7 Å². The second kappa shape index (κ2) is 18.5. The molecule has 0 amide bonds. The van der Waals surface area contributed by atoms with E-state index in [1.165, 1.54) is 44.3 Å². The molecule has 3 aliphatic rings. The molecule has 50 heavy (non-hydrogen) atoms. The van der Waals surface area contributed by atoms with E-state index in [-0.39, 0.29) is 5.16 Å². The van der Waals surface area contributed by atoms with Crippen LogP contribution in [-0.2, 0) is 20.3 Å². The van der Waals surface area contributed by atoms with Gasteiger partial charge in [-0.1, -0.05) is 25.7 Å². The van der Waals surface area contributed by atoms with Crippen LogP contribution in [0.2, 0.25) is 0 Å². The highest BCUT2D eigenvalue weighted by atomic mass is 32.2. The maximum absolute atomic E-state index is 12.3. The van der Waals surface area contributed by atoms with Gasteiger partial charge in [-0.25, -0.2) is 29.5 Å². The van der Waals surface area contributed by atoms with Crippen molar-refractivity contribution in [3.63, 3.8) is 0 Å². The lowest BCUT2D eigenvalue weighted by atomic mass is 10.2. The third-order valence-corrected chi connectivity index (χ3v) is 9.38. The molecule has 0 radical (unpaired) electrons. The molecule has 1 unspecified atom stereocenters. The number of hydrogen-bond acceptors (Lipinski definition) is 15. The van der Waals surface area contributed by atoms with Gasteiger partial charge in [0, 0.05) is 56.9 Å². The Bertz CT molecular complexity index is 1590. The van der Waals surface area contributed by atoms with Gasteiger partial charge in [-0.3, -0.25) is 4.21 Å².